The fourth-order valence-electron chi connectivity index (χ4n) is 17.1. The number of ether oxygens (including phenoxy) is 1. The monoisotopic (exact) mass is 1020 g/mol. The maximum absolute atomic E-state index is 13.0. The summed E-state index contributed by atoms with van der Waals surface area (Å²) in [6.45, 7) is 6.04. The minimum Gasteiger partial charge on any atom is -0.462 e. The fourth-order valence-corrected chi connectivity index (χ4v) is 95.4. The van der Waals surface area contributed by atoms with E-state index in [1.807, 2.05) is 0 Å². The highest BCUT2D eigenvalue weighted by Crippen LogP contribution is 2.69. The van der Waals surface area contributed by atoms with Gasteiger partial charge in [-0.25, -0.2) is 4.79 Å². The van der Waals surface area contributed by atoms with Gasteiger partial charge < -0.3 is 37.7 Å². The van der Waals surface area contributed by atoms with Crippen LogP contribution in [0.2, 0.25) is 67.5 Å². The quantitative estimate of drug-likeness (QED) is 0.0813. The number of carbonyl (C=O) groups excluding carboxylic acids is 1. The molecule has 13 fully saturated rings. The van der Waals surface area contributed by atoms with Gasteiger partial charge in [-0.2, -0.15) is 0 Å². The number of esters is 1. The molecule has 0 aromatic heterocycles. The summed E-state index contributed by atoms with van der Waals surface area (Å²) in [6, 6.07) is 0.788. The highest BCUT2D eigenvalue weighted by Gasteiger charge is 2.84. The molecule has 7 aliphatic carbocycles. The van der Waals surface area contributed by atoms with Crippen molar-refractivity contribution in [2.45, 2.75) is 261 Å². The van der Waals surface area contributed by atoms with Gasteiger partial charge in [0.2, 0.25) is 0 Å². The number of rotatable bonds is 12. The smallest absolute Gasteiger partial charge is 0.333 e. The molecule has 0 aromatic rings. The van der Waals surface area contributed by atoms with E-state index in [1.165, 1.54) is 180 Å². The zero-order valence-corrected chi connectivity index (χ0v) is 47.6. The van der Waals surface area contributed by atoms with Crippen molar-refractivity contribution in [2.75, 3.05) is 6.61 Å². The summed E-state index contributed by atoms with van der Waals surface area (Å²) in [6.07, 6.45) is 35.3. The molecule has 13 aliphatic rings. The first kappa shape index (κ1) is 45.7. The third kappa shape index (κ3) is 7.71. The maximum atomic E-state index is 13.0. The molecule has 6 aliphatic heterocycles. The minimum atomic E-state index is -3.30. The third-order valence-electron chi connectivity index (χ3n) is 19.9. The average molecular weight is 1020 g/mol. The van der Waals surface area contributed by atoms with Crippen molar-refractivity contribution in [1.82, 2.24) is 0 Å². The van der Waals surface area contributed by atoms with Gasteiger partial charge in [-0.15, -0.1) is 0 Å². The number of hydrogen-bond acceptors (Lipinski definition) is 10. The first-order valence-corrected chi connectivity index (χ1v) is 44.4. The summed E-state index contributed by atoms with van der Waals surface area (Å²) in [5.41, 5.74) is 7.18. The molecule has 8 bridgehead atoms. The van der Waals surface area contributed by atoms with E-state index in [2.05, 4.69) is 6.58 Å². The number of hydrogen-bond donors (Lipinski definition) is 0. The molecule has 6 saturated heterocycles. The lowest BCUT2D eigenvalue weighted by Gasteiger charge is -2.69. The first-order chi connectivity index (χ1) is 31.0. The van der Waals surface area contributed by atoms with Crippen LogP contribution in [0.3, 0.4) is 0 Å². The normalized spacial score (nSPS) is 46.3. The Morgan fingerprint density at radius 1 is 0.406 bits per heavy atom. The van der Waals surface area contributed by atoms with Crippen LogP contribution < -0.4 is 0 Å². The molecule has 13 rings (SSSR count). The van der Waals surface area contributed by atoms with E-state index in [1.54, 1.807) is 6.92 Å². The maximum Gasteiger partial charge on any atom is 0.333 e. The molecule has 64 heavy (non-hydrogen) atoms. The largest absolute Gasteiger partial charge is 0.462 e. The van der Waals surface area contributed by atoms with E-state index in [-0.39, 0.29) is 5.97 Å². The van der Waals surface area contributed by atoms with E-state index in [0.29, 0.717) is 51.0 Å². The van der Waals surface area contributed by atoms with Crippen LogP contribution in [0.25, 0.3) is 0 Å². The highest BCUT2D eigenvalue weighted by atomic mass is 28.6. The second-order valence-corrected chi connectivity index (χ2v) is 55.6. The molecule has 358 valence electrons. The lowest BCUT2D eigenvalue weighted by atomic mass is 10.4. The lowest BCUT2D eigenvalue weighted by molar-refractivity contribution is -0.139. The van der Waals surface area contributed by atoms with Gasteiger partial charge in [0.25, 0.3) is 0 Å². The Bertz CT molecular complexity index is 1570. The van der Waals surface area contributed by atoms with Gasteiger partial charge in [0, 0.05) is 67.0 Å². The molecule has 10 nitrogen and oxygen atoms in total. The van der Waals surface area contributed by atoms with Crippen molar-refractivity contribution >= 4 is 74.5 Å². The van der Waals surface area contributed by atoms with Crippen molar-refractivity contribution in [3.8, 4) is 0 Å². The highest BCUT2D eigenvalue weighted by molar-refractivity contribution is 7.14. The van der Waals surface area contributed by atoms with Crippen molar-refractivity contribution in [1.29, 1.82) is 0 Å². The van der Waals surface area contributed by atoms with Crippen LogP contribution in [-0.4, -0.2) is 81.1 Å². The van der Waals surface area contributed by atoms with Crippen LogP contribution in [0, 0.1) is 0 Å². The summed E-state index contributed by atoms with van der Waals surface area (Å²) in [5.74, 6) is -0.296. The molecule has 18 heteroatoms. The molecule has 7 saturated carbocycles. The number of carbonyl (C=O) groups is 1. The van der Waals surface area contributed by atoms with Crippen molar-refractivity contribution in [3.63, 3.8) is 0 Å². The van der Waals surface area contributed by atoms with E-state index < -0.39 is 68.5 Å². The Morgan fingerprint density at radius 2 is 0.641 bits per heavy atom. The molecule has 0 aromatic carbocycles. The predicted molar refractivity (Wildman–Crippen MR) is 265 cm³/mol. The van der Waals surface area contributed by atoms with Gasteiger partial charge in [0.05, 0.1) is 6.61 Å². The van der Waals surface area contributed by atoms with Crippen LogP contribution in [-0.2, 0) is 42.5 Å². The molecule has 8 unspecified atom stereocenters. The first-order valence-electron chi connectivity index (χ1n) is 27.5. The van der Waals surface area contributed by atoms with Crippen LogP contribution in [0.15, 0.2) is 12.2 Å². The van der Waals surface area contributed by atoms with Gasteiger partial charge in [0.15, 0.2) is 0 Å². The zero-order valence-electron chi connectivity index (χ0n) is 39.6. The van der Waals surface area contributed by atoms with Crippen LogP contribution in [0.1, 0.15) is 193 Å². The van der Waals surface area contributed by atoms with E-state index in [4.69, 9.17) is 37.7 Å². The summed E-state index contributed by atoms with van der Waals surface area (Å²) < 4.78 is 77.8. The van der Waals surface area contributed by atoms with Gasteiger partial charge in [-0.05, 0) is 109 Å². The fraction of sp³-hybridized carbons (Fsp3) is 0.935. The topological polar surface area (TPSA) is 100 Å². The second-order valence-electron chi connectivity index (χ2n) is 24.0. The SMILES string of the molecule is C=C(C)C(=O)OCCC[Si]12C[Si]3(C4CCCC4)O[Si]4(C5CCCC5)C[Si]5(C6CCCC6)O[Si](C6CCCC6)(C[Si](C6CCCC6)(O1)O4)O[Si](C1CCCC1)(C[Si](C1CCCC1)(O3)O5)O2. The Morgan fingerprint density at radius 3 is 0.891 bits per heavy atom. The summed E-state index contributed by atoms with van der Waals surface area (Å²) in [5, 5.41) is 0. The zero-order chi connectivity index (χ0) is 43.3. The molecular weight excluding hydrogens is 937 g/mol. The lowest BCUT2D eigenvalue weighted by Crippen LogP contribution is -2.87. The standard InChI is InChI=1S/C46H82O10Si8/c1-38(2)46(47)48-32-17-33-57-34-58(39-18-3-4-19-39)51-61(42-24-9-10-25-42)35-59(49-57,40-20-5-6-21-40)53-62(43-26-11-12-27-43)36-60(50-57,41-22-7-8-23-41)54-63(52-58,44-28-13-14-29-44)37-64(55-61,56-62)45-30-15-16-31-45/h39-45H,1,3-37H2,2H3. The molecular formula is C46H82O10Si8. The summed E-state index contributed by atoms with van der Waals surface area (Å²) >= 11 is 0. The van der Waals surface area contributed by atoms with Gasteiger partial charge in [0.1, 0.15) is 0 Å². The summed E-state index contributed by atoms with van der Waals surface area (Å²) in [7, 11) is -25.5. The Kier molecular flexibility index (Phi) is 12.5. The van der Waals surface area contributed by atoms with Crippen LogP contribution in [0.5, 0.6) is 0 Å². The molecule has 0 spiro atoms. The minimum absolute atomic E-state index is 0.296. The summed E-state index contributed by atoms with van der Waals surface area (Å²) in [4.78, 5) is 13.0. The van der Waals surface area contributed by atoms with Gasteiger partial charge >= 0.3 is 74.5 Å². The van der Waals surface area contributed by atoms with E-state index in [9.17, 15) is 4.79 Å². The second kappa shape index (κ2) is 17.4. The Balaban J connectivity index is 1.14. The van der Waals surface area contributed by atoms with E-state index in [0.717, 1.165) is 35.1 Å². The molecule has 8 atom stereocenters. The van der Waals surface area contributed by atoms with E-state index >= 15 is 0 Å². The van der Waals surface area contributed by atoms with Crippen molar-refractivity contribution < 1.29 is 42.5 Å². The van der Waals surface area contributed by atoms with Crippen LogP contribution in [0.4, 0.5) is 0 Å². The van der Waals surface area contributed by atoms with Crippen molar-refractivity contribution in [2.24, 2.45) is 0 Å². The van der Waals surface area contributed by atoms with Gasteiger partial charge in [-0.1, -0.05) is 96.5 Å². The van der Waals surface area contributed by atoms with Gasteiger partial charge in [-0.3, -0.25) is 0 Å². The Labute approximate surface area is 394 Å². The molecule has 0 N–H and O–H groups in total. The molecule has 0 amide bonds. The molecule has 6 heterocycles. The van der Waals surface area contributed by atoms with Crippen molar-refractivity contribution in [3.05, 3.63) is 12.2 Å². The third-order valence-corrected chi connectivity index (χ3v) is 72.1. The predicted octanol–water partition coefficient (Wildman–Crippen LogP) is 13.0. The molecule has 0 radical (unpaired) electrons. The van der Waals surface area contributed by atoms with Crippen LogP contribution >= 0.6 is 0 Å². The Hall–Kier alpha value is 0.625. The average Bonchev–Trinajstić information content (AvgIpc) is 4.12.